The molecular formula is C36H53NO3. The molecule has 0 aliphatic heterocycles. The van der Waals surface area contributed by atoms with Crippen LogP contribution in [0.2, 0.25) is 0 Å². The third-order valence-electron chi connectivity index (χ3n) is 8.27. The van der Waals surface area contributed by atoms with Crippen molar-refractivity contribution in [3.8, 4) is 0 Å². The van der Waals surface area contributed by atoms with Gasteiger partial charge in [-0.3, -0.25) is 4.79 Å². The van der Waals surface area contributed by atoms with Gasteiger partial charge < -0.3 is 15.5 Å². The molecule has 0 aliphatic rings. The van der Waals surface area contributed by atoms with Crippen molar-refractivity contribution in [1.29, 1.82) is 0 Å². The quantitative estimate of drug-likeness (QED) is 0.0941. The van der Waals surface area contributed by atoms with Gasteiger partial charge in [-0.15, -0.1) is 0 Å². The second-order valence-corrected chi connectivity index (χ2v) is 11.4. The van der Waals surface area contributed by atoms with E-state index in [9.17, 15) is 15.0 Å². The molecule has 220 valence electrons. The smallest absolute Gasteiger partial charge is 0.220 e. The summed E-state index contributed by atoms with van der Waals surface area (Å²) in [6, 6.07) is 21.1. The predicted molar refractivity (Wildman–Crippen MR) is 168 cm³/mol. The van der Waals surface area contributed by atoms with Crippen LogP contribution in [0, 0.1) is 11.8 Å². The molecule has 0 aromatic heterocycles. The van der Waals surface area contributed by atoms with Crippen LogP contribution in [0.3, 0.4) is 0 Å². The lowest BCUT2D eigenvalue weighted by Crippen LogP contribution is -2.35. The van der Waals surface area contributed by atoms with Crippen molar-refractivity contribution in [1.82, 2.24) is 5.32 Å². The molecule has 3 N–H and O–H groups in total. The van der Waals surface area contributed by atoms with Crippen molar-refractivity contribution in [2.45, 2.75) is 104 Å². The maximum atomic E-state index is 12.7. The Kier molecular flexibility index (Phi) is 15.6. The fourth-order valence-corrected chi connectivity index (χ4v) is 5.63. The molecule has 0 bridgehead atoms. The third kappa shape index (κ3) is 11.8. The van der Waals surface area contributed by atoms with Crippen LogP contribution in [0.1, 0.15) is 108 Å². The van der Waals surface area contributed by atoms with Crippen LogP contribution in [0.25, 0.3) is 0 Å². The average Bonchev–Trinajstić information content (AvgIpc) is 2.96. The molecule has 4 atom stereocenters. The fraction of sp³-hybridized carbons (Fsp3) is 0.528. The molecule has 2 rings (SSSR count). The second kappa shape index (κ2) is 18.6. The van der Waals surface area contributed by atoms with Crippen LogP contribution in [-0.4, -0.2) is 29.0 Å². The van der Waals surface area contributed by atoms with Gasteiger partial charge in [0.15, 0.2) is 6.29 Å². The molecular weight excluding hydrogens is 494 g/mol. The molecule has 0 aliphatic carbocycles. The predicted octanol–water partition coefficient (Wildman–Crippen LogP) is 8.29. The Morgan fingerprint density at radius 2 is 1.57 bits per heavy atom. The van der Waals surface area contributed by atoms with E-state index in [1.54, 1.807) is 0 Å². The van der Waals surface area contributed by atoms with E-state index in [-0.39, 0.29) is 18.2 Å². The lowest BCUT2D eigenvalue weighted by Gasteiger charge is -2.31. The number of nitrogens with one attached hydrogen (secondary N) is 1. The van der Waals surface area contributed by atoms with Gasteiger partial charge in [0, 0.05) is 18.9 Å². The first kappa shape index (κ1) is 33.5. The Balaban J connectivity index is 2.09. The number of carbonyl (C=O) groups is 1. The molecule has 2 aromatic carbocycles. The van der Waals surface area contributed by atoms with Gasteiger partial charge in [-0.2, -0.15) is 0 Å². The van der Waals surface area contributed by atoms with Crippen molar-refractivity contribution in [2.75, 3.05) is 6.54 Å². The summed E-state index contributed by atoms with van der Waals surface area (Å²) >= 11 is 0. The van der Waals surface area contributed by atoms with Gasteiger partial charge in [0.25, 0.3) is 0 Å². The number of hydrogen-bond acceptors (Lipinski definition) is 3. The Morgan fingerprint density at radius 1 is 0.950 bits per heavy atom. The summed E-state index contributed by atoms with van der Waals surface area (Å²) in [5.41, 5.74) is 5.02. The summed E-state index contributed by atoms with van der Waals surface area (Å²) in [5, 5.41) is 23.8. The molecule has 4 heteroatoms. The summed E-state index contributed by atoms with van der Waals surface area (Å²) in [4.78, 5) is 12.7. The molecule has 0 spiro atoms. The van der Waals surface area contributed by atoms with Crippen molar-refractivity contribution in [2.24, 2.45) is 11.8 Å². The van der Waals surface area contributed by atoms with Gasteiger partial charge in [-0.1, -0.05) is 112 Å². The highest BCUT2D eigenvalue weighted by Gasteiger charge is 2.31. The highest BCUT2D eigenvalue weighted by Crippen LogP contribution is 2.35. The van der Waals surface area contributed by atoms with Crippen LogP contribution < -0.4 is 5.32 Å². The van der Waals surface area contributed by atoms with E-state index in [0.29, 0.717) is 18.4 Å². The van der Waals surface area contributed by atoms with Crippen molar-refractivity contribution >= 4 is 5.91 Å². The first-order chi connectivity index (χ1) is 19.3. The van der Waals surface area contributed by atoms with E-state index in [4.69, 9.17) is 0 Å². The van der Waals surface area contributed by atoms with Crippen LogP contribution in [0.15, 0.2) is 84.5 Å². The normalized spacial score (nSPS) is 14.9. The highest BCUT2D eigenvalue weighted by molar-refractivity contribution is 5.76. The molecule has 0 saturated carbocycles. The molecule has 4 nitrogen and oxygen atoms in total. The number of unbranched alkanes of at least 4 members (excludes halogenated alkanes) is 1. The Hall–Kier alpha value is -2.69. The second-order valence-electron chi connectivity index (χ2n) is 11.4. The molecule has 1 amide bonds. The van der Waals surface area contributed by atoms with Crippen molar-refractivity contribution in [3.05, 3.63) is 95.6 Å². The summed E-state index contributed by atoms with van der Waals surface area (Å²) < 4.78 is 0. The Morgan fingerprint density at radius 3 is 2.15 bits per heavy atom. The first-order valence-corrected chi connectivity index (χ1v) is 15.3. The number of allylic oxidation sites excluding steroid dienone is 3. The monoisotopic (exact) mass is 547 g/mol. The van der Waals surface area contributed by atoms with E-state index in [1.165, 1.54) is 16.7 Å². The molecule has 2 aromatic rings. The first-order valence-electron chi connectivity index (χ1n) is 15.3. The van der Waals surface area contributed by atoms with Gasteiger partial charge in [0.2, 0.25) is 5.91 Å². The maximum absolute atomic E-state index is 12.7. The topological polar surface area (TPSA) is 69.6 Å². The molecule has 0 radical (unpaired) electrons. The Bertz CT molecular complexity index is 1010. The number of aliphatic hydroxyl groups is 2. The molecule has 40 heavy (non-hydrogen) atoms. The van der Waals surface area contributed by atoms with Crippen molar-refractivity contribution in [3.63, 3.8) is 0 Å². The third-order valence-corrected chi connectivity index (χ3v) is 8.27. The molecule has 0 fully saturated rings. The molecule has 0 heterocycles. The Labute approximate surface area is 243 Å². The highest BCUT2D eigenvalue weighted by atomic mass is 16.5. The number of carbonyl (C=O) groups excluding carboxylic acids is 1. The molecule has 4 unspecified atom stereocenters. The van der Waals surface area contributed by atoms with Crippen LogP contribution in [-0.2, 0) is 4.79 Å². The van der Waals surface area contributed by atoms with E-state index in [0.717, 1.165) is 56.9 Å². The standard InChI is InChI=1S/C36H53NO3/c1-6-8-24-37-35(38)26-34(36(39)40)33(23-22-28(4)31-18-11-9-12-19-31)29(5)17-15-16-27(3)25-30(7-2)32-20-13-10-14-21-32/h9-14,16,18-21,28,30,33-34,36,39-40H,5-8,15,17,22-26H2,1-4H3,(H,37,38)/b27-16+. The van der Waals surface area contributed by atoms with Crippen LogP contribution in [0.5, 0.6) is 0 Å². The van der Waals surface area contributed by atoms with E-state index in [2.05, 4.69) is 100 Å². The van der Waals surface area contributed by atoms with Crippen LogP contribution in [0.4, 0.5) is 0 Å². The summed E-state index contributed by atoms with van der Waals surface area (Å²) in [6.07, 6.45) is 8.14. The van der Waals surface area contributed by atoms with Gasteiger partial charge >= 0.3 is 0 Å². The minimum absolute atomic E-state index is 0.0922. The summed E-state index contributed by atoms with van der Waals surface area (Å²) in [6.45, 7) is 13.8. The number of benzene rings is 2. The van der Waals surface area contributed by atoms with E-state index < -0.39 is 12.2 Å². The zero-order valence-corrected chi connectivity index (χ0v) is 25.3. The number of hydrogen-bond donors (Lipinski definition) is 3. The zero-order valence-electron chi connectivity index (χ0n) is 25.3. The lowest BCUT2D eigenvalue weighted by molar-refractivity contribution is -0.132. The maximum Gasteiger partial charge on any atom is 0.220 e. The van der Waals surface area contributed by atoms with Crippen molar-refractivity contribution < 1.29 is 15.0 Å². The van der Waals surface area contributed by atoms with E-state index >= 15 is 0 Å². The number of aliphatic hydroxyl groups excluding tert-OH is 1. The SMILES string of the molecule is C=C(CC/C=C(\C)CC(CC)c1ccccc1)C(CCC(C)c1ccccc1)C(CC(=O)NCCCC)C(O)O. The largest absolute Gasteiger partial charge is 0.368 e. The van der Waals surface area contributed by atoms with Gasteiger partial charge in [0.05, 0.1) is 0 Å². The average molecular weight is 548 g/mol. The summed E-state index contributed by atoms with van der Waals surface area (Å²) in [5.74, 6) is -0.0116. The summed E-state index contributed by atoms with van der Waals surface area (Å²) in [7, 11) is 0. The zero-order chi connectivity index (χ0) is 29.3. The lowest BCUT2D eigenvalue weighted by atomic mass is 9.77. The fourth-order valence-electron chi connectivity index (χ4n) is 5.63. The van der Waals surface area contributed by atoms with Crippen LogP contribution >= 0.6 is 0 Å². The van der Waals surface area contributed by atoms with Gasteiger partial charge in [0.1, 0.15) is 0 Å². The van der Waals surface area contributed by atoms with Gasteiger partial charge in [-0.25, -0.2) is 0 Å². The minimum atomic E-state index is -1.57. The van der Waals surface area contributed by atoms with Gasteiger partial charge in [-0.05, 0) is 80.8 Å². The minimum Gasteiger partial charge on any atom is -0.368 e. The number of amides is 1. The van der Waals surface area contributed by atoms with E-state index in [1.807, 2.05) is 6.07 Å². The number of rotatable bonds is 19. The molecule has 0 saturated heterocycles.